The van der Waals surface area contributed by atoms with Gasteiger partial charge in [0, 0.05) is 31.6 Å². The summed E-state index contributed by atoms with van der Waals surface area (Å²) in [6.07, 6.45) is 0. The molecule has 8 nitrogen and oxygen atoms in total. The lowest BCUT2D eigenvalue weighted by Gasteiger charge is -2.34. The Morgan fingerprint density at radius 1 is 1.03 bits per heavy atom. The number of nitrogens with zero attached hydrogens (tertiary/aromatic N) is 5. The van der Waals surface area contributed by atoms with E-state index in [1.54, 1.807) is 11.3 Å². The van der Waals surface area contributed by atoms with E-state index < -0.39 is 0 Å². The lowest BCUT2D eigenvalue weighted by Crippen LogP contribution is -2.48. The normalized spacial score (nSPS) is 14.6. The summed E-state index contributed by atoms with van der Waals surface area (Å²) in [5.41, 5.74) is 2.08. The van der Waals surface area contributed by atoms with Gasteiger partial charge in [-0.15, -0.1) is 11.3 Å². The zero-order valence-electron chi connectivity index (χ0n) is 19.2. The summed E-state index contributed by atoms with van der Waals surface area (Å²) in [6.45, 7) is 5.17. The molecule has 176 valence electrons. The first-order chi connectivity index (χ1) is 17.1. The minimum atomic E-state index is 0.00514. The van der Waals surface area contributed by atoms with E-state index in [1.807, 2.05) is 71.8 Å². The first-order valence-corrected chi connectivity index (χ1v) is 12.4. The van der Waals surface area contributed by atoms with E-state index in [-0.39, 0.29) is 5.91 Å². The Kier molecular flexibility index (Phi) is 5.63. The van der Waals surface area contributed by atoms with Crippen molar-refractivity contribution in [2.75, 3.05) is 26.2 Å². The quantitative estimate of drug-likeness (QED) is 0.351. The predicted octanol–water partition coefficient (Wildman–Crippen LogP) is 4.87. The van der Waals surface area contributed by atoms with Crippen LogP contribution in [0.4, 0.5) is 0 Å². The topological polar surface area (TPSA) is 88.5 Å². The molecule has 1 aromatic carbocycles. The molecule has 0 aliphatic carbocycles. The molecule has 0 atom stereocenters. The van der Waals surface area contributed by atoms with Crippen molar-refractivity contribution in [2.45, 2.75) is 13.5 Å². The number of amides is 1. The zero-order chi connectivity index (χ0) is 23.8. The first-order valence-electron chi connectivity index (χ1n) is 11.5. The van der Waals surface area contributed by atoms with Crippen molar-refractivity contribution in [1.29, 1.82) is 0 Å². The van der Waals surface area contributed by atoms with Gasteiger partial charge in [-0.3, -0.25) is 9.69 Å². The smallest absolute Gasteiger partial charge is 0.254 e. The van der Waals surface area contributed by atoms with Gasteiger partial charge in [0.1, 0.15) is 11.5 Å². The van der Waals surface area contributed by atoms with Crippen LogP contribution in [0.5, 0.6) is 0 Å². The zero-order valence-corrected chi connectivity index (χ0v) is 20.0. The van der Waals surface area contributed by atoms with E-state index in [0.29, 0.717) is 48.4 Å². The molecule has 6 rings (SSSR count). The molecule has 0 saturated carbocycles. The standard InChI is InChI=1S/C26H23N5O3S/c1-17-8-9-22(33-17)21-15-19(18-5-2-3-6-20(18)27-21)26(32)31-12-10-30(11-13-31)16-24-28-25(29-34-24)23-7-4-14-35-23/h2-9,14-15H,10-13,16H2,1H3. The van der Waals surface area contributed by atoms with Crippen LogP contribution in [0.1, 0.15) is 22.0 Å². The van der Waals surface area contributed by atoms with E-state index in [1.165, 1.54) is 0 Å². The third-order valence-corrected chi connectivity index (χ3v) is 7.03. The van der Waals surface area contributed by atoms with Crippen LogP contribution in [0, 0.1) is 6.92 Å². The van der Waals surface area contributed by atoms with Crippen LogP contribution in [-0.2, 0) is 6.54 Å². The second-order valence-corrected chi connectivity index (χ2v) is 9.49. The largest absolute Gasteiger partial charge is 0.460 e. The summed E-state index contributed by atoms with van der Waals surface area (Å²) < 4.78 is 11.2. The van der Waals surface area contributed by atoms with E-state index in [4.69, 9.17) is 13.9 Å². The molecule has 9 heteroatoms. The molecule has 0 N–H and O–H groups in total. The van der Waals surface area contributed by atoms with Gasteiger partial charge in [0.2, 0.25) is 11.7 Å². The van der Waals surface area contributed by atoms with Gasteiger partial charge in [0.15, 0.2) is 5.76 Å². The van der Waals surface area contributed by atoms with E-state index >= 15 is 0 Å². The molecule has 1 fully saturated rings. The van der Waals surface area contributed by atoms with Crippen molar-refractivity contribution in [3.8, 4) is 22.2 Å². The molecule has 5 heterocycles. The van der Waals surface area contributed by atoms with Crippen molar-refractivity contribution in [2.24, 2.45) is 0 Å². The van der Waals surface area contributed by atoms with Gasteiger partial charge < -0.3 is 13.8 Å². The van der Waals surface area contributed by atoms with Gasteiger partial charge in [0.25, 0.3) is 5.91 Å². The Morgan fingerprint density at radius 3 is 2.66 bits per heavy atom. The Balaban J connectivity index is 1.18. The summed E-state index contributed by atoms with van der Waals surface area (Å²) in [4.78, 5) is 28.0. The summed E-state index contributed by atoms with van der Waals surface area (Å²) in [5, 5.41) is 6.93. The highest BCUT2D eigenvalue weighted by molar-refractivity contribution is 7.13. The van der Waals surface area contributed by atoms with Crippen LogP contribution in [0.2, 0.25) is 0 Å². The number of hydrogen-bond acceptors (Lipinski definition) is 8. The van der Waals surface area contributed by atoms with Crippen molar-refractivity contribution in [3.63, 3.8) is 0 Å². The SMILES string of the molecule is Cc1ccc(-c2cc(C(=O)N3CCN(Cc4nc(-c5cccs5)no4)CC3)c3ccccc3n2)o1. The molecule has 35 heavy (non-hydrogen) atoms. The maximum absolute atomic E-state index is 13.6. The number of benzene rings is 1. The average molecular weight is 486 g/mol. The van der Waals surface area contributed by atoms with Gasteiger partial charge in [-0.05, 0) is 42.6 Å². The molecule has 4 aromatic heterocycles. The minimum absolute atomic E-state index is 0.00514. The van der Waals surface area contributed by atoms with Crippen molar-refractivity contribution >= 4 is 28.1 Å². The highest BCUT2D eigenvalue weighted by atomic mass is 32.1. The summed E-state index contributed by atoms with van der Waals surface area (Å²) in [5.74, 6) is 2.68. The number of rotatable bonds is 5. The molecule has 1 amide bonds. The lowest BCUT2D eigenvalue weighted by atomic mass is 10.0. The molecule has 1 aliphatic rings. The van der Waals surface area contributed by atoms with Crippen LogP contribution in [0.25, 0.3) is 33.1 Å². The van der Waals surface area contributed by atoms with E-state index in [0.717, 1.165) is 34.6 Å². The summed E-state index contributed by atoms with van der Waals surface area (Å²) in [6, 6.07) is 17.3. The predicted molar refractivity (Wildman–Crippen MR) is 133 cm³/mol. The highest BCUT2D eigenvalue weighted by Gasteiger charge is 2.25. The van der Waals surface area contributed by atoms with Crippen LogP contribution < -0.4 is 0 Å². The molecule has 5 aromatic rings. The minimum Gasteiger partial charge on any atom is -0.460 e. The Labute approximate surface area is 205 Å². The van der Waals surface area contributed by atoms with Crippen LogP contribution in [0.3, 0.4) is 0 Å². The van der Waals surface area contributed by atoms with Crippen LogP contribution in [-0.4, -0.2) is 57.0 Å². The highest BCUT2D eigenvalue weighted by Crippen LogP contribution is 2.27. The monoisotopic (exact) mass is 485 g/mol. The summed E-state index contributed by atoms with van der Waals surface area (Å²) >= 11 is 1.59. The van der Waals surface area contributed by atoms with E-state index in [9.17, 15) is 4.79 Å². The van der Waals surface area contributed by atoms with Crippen molar-refractivity contribution in [1.82, 2.24) is 24.9 Å². The number of thiophene rings is 1. The maximum atomic E-state index is 13.6. The van der Waals surface area contributed by atoms with Gasteiger partial charge >= 0.3 is 0 Å². The molecule has 0 unspecified atom stereocenters. The van der Waals surface area contributed by atoms with Crippen LogP contribution >= 0.6 is 11.3 Å². The molecule has 1 saturated heterocycles. The Morgan fingerprint density at radius 2 is 1.89 bits per heavy atom. The number of para-hydroxylation sites is 1. The number of piperazine rings is 1. The van der Waals surface area contributed by atoms with E-state index in [2.05, 4.69) is 15.0 Å². The van der Waals surface area contributed by atoms with Gasteiger partial charge in [0.05, 0.1) is 22.5 Å². The molecular weight excluding hydrogens is 462 g/mol. The second kappa shape index (κ2) is 9.09. The Bertz CT molecular complexity index is 1480. The van der Waals surface area contributed by atoms with Crippen molar-refractivity contribution < 1.29 is 13.7 Å². The van der Waals surface area contributed by atoms with Crippen LogP contribution in [0.15, 0.2) is 68.9 Å². The number of aryl methyl sites for hydroxylation is 1. The number of carbonyl (C=O) groups is 1. The molecular formula is C26H23N5O3S. The fourth-order valence-corrected chi connectivity index (χ4v) is 5.00. The Hall–Kier alpha value is -3.82. The third kappa shape index (κ3) is 4.36. The van der Waals surface area contributed by atoms with Crippen molar-refractivity contribution in [3.05, 3.63) is 77.2 Å². The molecule has 1 aliphatic heterocycles. The lowest BCUT2D eigenvalue weighted by molar-refractivity contribution is 0.0617. The molecule has 0 spiro atoms. The van der Waals surface area contributed by atoms with Gasteiger partial charge in [-0.1, -0.05) is 29.4 Å². The number of furan rings is 1. The first kappa shape index (κ1) is 21.7. The van der Waals surface area contributed by atoms with Gasteiger partial charge in [-0.2, -0.15) is 4.98 Å². The number of aromatic nitrogens is 3. The fourth-order valence-electron chi connectivity index (χ4n) is 4.35. The average Bonchev–Trinajstić information content (AvgIpc) is 3.66. The number of carbonyl (C=O) groups excluding carboxylic acids is 1. The number of fused-ring (bicyclic) bond motifs is 1. The summed E-state index contributed by atoms with van der Waals surface area (Å²) in [7, 11) is 0. The maximum Gasteiger partial charge on any atom is 0.254 e. The fraction of sp³-hybridized carbons (Fsp3) is 0.231. The van der Waals surface area contributed by atoms with Gasteiger partial charge in [-0.25, -0.2) is 4.98 Å². The second-order valence-electron chi connectivity index (χ2n) is 8.54. The number of pyridine rings is 1. The molecule has 0 bridgehead atoms. The third-order valence-electron chi connectivity index (χ3n) is 6.17. The number of hydrogen-bond donors (Lipinski definition) is 0. The molecule has 0 radical (unpaired) electrons.